The first-order chi connectivity index (χ1) is 14.2. The van der Waals surface area contributed by atoms with Crippen LogP contribution >= 0.6 is 0 Å². The van der Waals surface area contributed by atoms with Gasteiger partial charge in [0.1, 0.15) is 6.04 Å². The summed E-state index contributed by atoms with van der Waals surface area (Å²) in [4.78, 5) is 51.0. The van der Waals surface area contributed by atoms with Crippen LogP contribution in [0.1, 0.15) is 12.8 Å². The van der Waals surface area contributed by atoms with Gasteiger partial charge in [-0.25, -0.2) is 0 Å². The fraction of sp³-hybridized carbons (Fsp3) is 0.765. The van der Waals surface area contributed by atoms with Crippen LogP contribution in [-0.2, 0) is 19.2 Å². The average Bonchev–Trinajstić information content (AvgIpc) is 2.73. The third-order valence-corrected chi connectivity index (χ3v) is 4.82. The first-order valence-electron chi connectivity index (χ1n) is 9.78. The SMILES string of the molecule is NNCCNC(=O)CCC(C(=O)O)N1CCN(CC(=O)O)CCN(CC(=O)O)CC1. The molecule has 1 amide bonds. The average molecular weight is 432 g/mol. The molecule has 0 spiro atoms. The van der Waals surface area contributed by atoms with Gasteiger partial charge in [0.2, 0.25) is 5.91 Å². The van der Waals surface area contributed by atoms with Crippen LogP contribution < -0.4 is 16.6 Å². The normalized spacial score (nSPS) is 18.0. The molecule has 0 aromatic rings. The number of carboxylic acid groups (broad SMARTS) is 3. The van der Waals surface area contributed by atoms with Crippen molar-refractivity contribution >= 4 is 23.8 Å². The lowest BCUT2D eigenvalue weighted by Crippen LogP contribution is -2.47. The standard InChI is InChI=1S/C17H32N6O7/c18-20-4-3-19-14(24)2-1-13(17(29)30)23-9-7-21(11-15(25)26)5-6-22(8-10-23)12-16(27)28/h13,20H,1-12,18H2,(H,19,24)(H,25,26)(H,27,28)(H,29,30). The molecule has 1 saturated heterocycles. The number of aliphatic carboxylic acids is 3. The number of nitrogens with one attached hydrogen (secondary N) is 2. The van der Waals surface area contributed by atoms with Crippen molar-refractivity contribution in [3.05, 3.63) is 0 Å². The highest BCUT2D eigenvalue weighted by Crippen LogP contribution is 2.11. The fourth-order valence-corrected chi connectivity index (χ4v) is 3.26. The Labute approximate surface area is 174 Å². The molecule has 0 aliphatic carbocycles. The van der Waals surface area contributed by atoms with Gasteiger partial charge in [0, 0.05) is 58.8 Å². The Morgan fingerprint density at radius 1 is 0.833 bits per heavy atom. The second kappa shape index (κ2) is 13.8. The van der Waals surface area contributed by atoms with E-state index < -0.39 is 23.9 Å². The van der Waals surface area contributed by atoms with Crippen molar-refractivity contribution in [1.82, 2.24) is 25.4 Å². The van der Waals surface area contributed by atoms with E-state index in [1.807, 2.05) is 0 Å². The molecule has 0 aromatic carbocycles. The van der Waals surface area contributed by atoms with Gasteiger partial charge in [-0.05, 0) is 6.42 Å². The van der Waals surface area contributed by atoms with Crippen LogP contribution in [0.5, 0.6) is 0 Å². The maximum absolute atomic E-state index is 11.9. The Morgan fingerprint density at radius 3 is 1.77 bits per heavy atom. The van der Waals surface area contributed by atoms with Crippen LogP contribution in [0.25, 0.3) is 0 Å². The third-order valence-electron chi connectivity index (χ3n) is 4.82. The molecule has 172 valence electrons. The van der Waals surface area contributed by atoms with E-state index in [9.17, 15) is 24.3 Å². The molecular weight excluding hydrogens is 400 g/mol. The molecule has 1 rings (SSSR count). The monoisotopic (exact) mass is 432 g/mol. The minimum absolute atomic E-state index is 0.00964. The molecule has 0 saturated carbocycles. The summed E-state index contributed by atoms with van der Waals surface area (Å²) in [6.45, 7) is 2.24. The molecular formula is C17H32N6O7. The molecule has 13 heteroatoms. The second-order valence-electron chi connectivity index (χ2n) is 7.07. The Morgan fingerprint density at radius 2 is 1.33 bits per heavy atom. The number of carboxylic acids is 3. The quantitative estimate of drug-likeness (QED) is 0.104. The highest BCUT2D eigenvalue weighted by Gasteiger charge is 2.28. The van der Waals surface area contributed by atoms with Crippen LogP contribution in [0.15, 0.2) is 0 Å². The van der Waals surface area contributed by atoms with Gasteiger partial charge in [0.25, 0.3) is 0 Å². The first-order valence-corrected chi connectivity index (χ1v) is 9.78. The summed E-state index contributed by atoms with van der Waals surface area (Å²) in [7, 11) is 0. The summed E-state index contributed by atoms with van der Waals surface area (Å²) < 4.78 is 0. The van der Waals surface area contributed by atoms with E-state index in [-0.39, 0.29) is 31.8 Å². The number of amides is 1. The summed E-state index contributed by atoms with van der Waals surface area (Å²) in [5.74, 6) is 1.74. The molecule has 1 unspecified atom stereocenters. The summed E-state index contributed by atoms with van der Waals surface area (Å²) >= 11 is 0. The lowest BCUT2D eigenvalue weighted by atomic mass is 10.1. The number of nitrogens with two attached hydrogens (primary N) is 1. The molecule has 1 aliphatic rings. The van der Waals surface area contributed by atoms with E-state index in [2.05, 4.69) is 10.7 Å². The van der Waals surface area contributed by atoms with Gasteiger partial charge in [-0.3, -0.25) is 45.1 Å². The zero-order valence-electron chi connectivity index (χ0n) is 17.0. The lowest BCUT2D eigenvalue weighted by Gasteiger charge is -2.30. The zero-order chi connectivity index (χ0) is 22.5. The molecule has 1 atom stereocenters. The van der Waals surface area contributed by atoms with Gasteiger partial charge in [-0.1, -0.05) is 0 Å². The van der Waals surface area contributed by atoms with Crippen LogP contribution in [-0.4, -0.2) is 125 Å². The zero-order valence-corrected chi connectivity index (χ0v) is 17.0. The van der Waals surface area contributed by atoms with Gasteiger partial charge in [0.05, 0.1) is 13.1 Å². The van der Waals surface area contributed by atoms with E-state index in [1.54, 1.807) is 14.7 Å². The summed E-state index contributed by atoms with van der Waals surface area (Å²) in [6, 6.07) is -0.945. The molecule has 1 heterocycles. The number of carbonyl (C=O) groups excluding carboxylic acids is 1. The van der Waals surface area contributed by atoms with Crippen molar-refractivity contribution in [1.29, 1.82) is 0 Å². The molecule has 30 heavy (non-hydrogen) atoms. The van der Waals surface area contributed by atoms with Crippen LogP contribution in [0, 0.1) is 0 Å². The number of hydrazine groups is 1. The maximum atomic E-state index is 11.9. The Hall–Kier alpha value is -2.32. The van der Waals surface area contributed by atoms with Crippen molar-refractivity contribution in [3.8, 4) is 0 Å². The molecule has 1 aliphatic heterocycles. The van der Waals surface area contributed by atoms with Gasteiger partial charge >= 0.3 is 17.9 Å². The summed E-state index contributed by atoms with van der Waals surface area (Å²) in [5.41, 5.74) is 2.40. The van der Waals surface area contributed by atoms with Crippen LogP contribution in [0.3, 0.4) is 0 Å². The van der Waals surface area contributed by atoms with Crippen LogP contribution in [0.4, 0.5) is 0 Å². The minimum Gasteiger partial charge on any atom is -0.480 e. The largest absolute Gasteiger partial charge is 0.480 e. The molecule has 1 fully saturated rings. The topological polar surface area (TPSA) is 189 Å². The van der Waals surface area contributed by atoms with E-state index in [1.165, 1.54) is 0 Å². The lowest BCUT2D eigenvalue weighted by molar-refractivity contribution is -0.144. The van der Waals surface area contributed by atoms with Crippen molar-refractivity contribution in [2.24, 2.45) is 5.84 Å². The molecule has 0 bridgehead atoms. The van der Waals surface area contributed by atoms with Crippen molar-refractivity contribution < 1.29 is 34.5 Å². The van der Waals surface area contributed by atoms with Crippen molar-refractivity contribution in [2.75, 3.05) is 65.4 Å². The Kier molecular flexibility index (Phi) is 11.8. The molecule has 0 radical (unpaired) electrons. The molecule has 13 nitrogen and oxygen atoms in total. The fourth-order valence-electron chi connectivity index (χ4n) is 3.26. The number of hydrogen-bond donors (Lipinski definition) is 6. The number of rotatable bonds is 12. The Balaban J connectivity index is 2.81. The minimum atomic E-state index is -1.08. The van der Waals surface area contributed by atoms with Gasteiger partial charge < -0.3 is 20.6 Å². The van der Waals surface area contributed by atoms with Crippen molar-refractivity contribution in [3.63, 3.8) is 0 Å². The van der Waals surface area contributed by atoms with Gasteiger partial charge in [-0.15, -0.1) is 0 Å². The molecule has 0 aromatic heterocycles. The summed E-state index contributed by atoms with van der Waals surface area (Å²) in [6.07, 6.45) is 0.0881. The van der Waals surface area contributed by atoms with E-state index in [0.29, 0.717) is 52.4 Å². The first kappa shape index (κ1) is 25.7. The number of hydrogen-bond acceptors (Lipinski definition) is 9. The smallest absolute Gasteiger partial charge is 0.320 e. The highest BCUT2D eigenvalue weighted by atomic mass is 16.4. The number of nitrogens with zero attached hydrogens (tertiary/aromatic N) is 3. The van der Waals surface area contributed by atoms with E-state index in [0.717, 1.165) is 0 Å². The van der Waals surface area contributed by atoms with Crippen LogP contribution in [0.2, 0.25) is 0 Å². The number of carbonyl (C=O) groups is 4. The highest BCUT2D eigenvalue weighted by molar-refractivity contribution is 5.78. The molecule has 7 N–H and O–H groups in total. The second-order valence-corrected chi connectivity index (χ2v) is 7.07. The third kappa shape index (κ3) is 10.5. The Bertz CT molecular complexity index is 563. The van der Waals surface area contributed by atoms with E-state index >= 15 is 0 Å². The van der Waals surface area contributed by atoms with Gasteiger partial charge in [0.15, 0.2) is 0 Å². The van der Waals surface area contributed by atoms with Gasteiger partial charge in [-0.2, -0.15) is 0 Å². The predicted octanol–water partition coefficient (Wildman–Crippen LogP) is -3.11. The summed E-state index contributed by atoms with van der Waals surface area (Å²) in [5, 5.41) is 30.5. The maximum Gasteiger partial charge on any atom is 0.320 e. The predicted molar refractivity (Wildman–Crippen MR) is 106 cm³/mol. The van der Waals surface area contributed by atoms with Crippen molar-refractivity contribution in [2.45, 2.75) is 18.9 Å². The van der Waals surface area contributed by atoms with E-state index in [4.69, 9.17) is 16.1 Å².